The quantitative estimate of drug-likeness (QED) is 0.769. The normalized spacial score (nSPS) is 15.1. The van der Waals surface area contributed by atoms with E-state index in [0.29, 0.717) is 11.6 Å². The van der Waals surface area contributed by atoms with Gasteiger partial charge in [0.2, 0.25) is 15.9 Å². The zero-order valence-electron chi connectivity index (χ0n) is 16.3. The Hall–Kier alpha value is -2.85. The summed E-state index contributed by atoms with van der Waals surface area (Å²) in [4.78, 5) is 25.2. The predicted octanol–water partition coefficient (Wildman–Crippen LogP) is 1.54. The van der Waals surface area contributed by atoms with Gasteiger partial charge in [0.15, 0.2) is 0 Å². The van der Waals surface area contributed by atoms with Gasteiger partial charge in [0.25, 0.3) is 5.91 Å². The summed E-state index contributed by atoms with van der Waals surface area (Å²) in [6.45, 7) is 1.67. The number of rotatable bonds is 5. The third-order valence-electron chi connectivity index (χ3n) is 4.78. The van der Waals surface area contributed by atoms with Crippen molar-refractivity contribution >= 4 is 21.8 Å². The summed E-state index contributed by atoms with van der Waals surface area (Å²) in [6.07, 6.45) is 0. The van der Waals surface area contributed by atoms with Crippen LogP contribution in [0.4, 0.5) is 8.78 Å². The van der Waals surface area contributed by atoms with Gasteiger partial charge < -0.3 is 10.2 Å². The summed E-state index contributed by atoms with van der Waals surface area (Å²) in [7, 11) is -4.22. The van der Waals surface area contributed by atoms with Crippen molar-refractivity contribution in [2.45, 2.75) is 11.8 Å². The van der Waals surface area contributed by atoms with Crippen LogP contribution in [0.3, 0.4) is 0 Å². The molecule has 2 aromatic carbocycles. The molecule has 2 aromatic rings. The Morgan fingerprint density at radius 2 is 1.73 bits per heavy atom. The molecule has 1 saturated heterocycles. The first-order chi connectivity index (χ1) is 14.2. The first-order valence-electron chi connectivity index (χ1n) is 9.26. The molecule has 160 valence electrons. The summed E-state index contributed by atoms with van der Waals surface area (Å²) in [6, 6.07) is 9.19. The van der Waals surface area contributed by atoms with Crippen LogP contribution in [-0.2, 0) is 14.8 Å². The van der Waals surface area contributed by atoms with Gasteiger partial charge in [-0.2, -0.15) is 4.31 Å². The van der Waals surface area contributed by atoms with Crippen molar-refractivity contribution in [3.05, 3.63) is 65.2 Å². The second-order valence-corrected chi connectivity index (χ2v) is 8.82. The van der Waals surface area contributed by atoms with E-state index in [-0.39, 0.29) is 44.5 Å². The van der Waals surface area contributed by atoms with Gasteiger partial charge in [0.1, 0.15) is 16.5 Å². The Kier molecular flexibility index (Phi) is 6.47. The number of piperazine rings is 1. The summed E-state index contributed by atoms with van der Waals surface area (Å²) < 4.78 is 53.5. The molecular weight excluding hydrogens is 416 g/mol. The summed E-state index contributed by atoms with van der Waals surface area (Å²) in [5, 5.41) is 2.55. The molecule has 3 rings (SSSR count). The fourth-order valence-electron chi connectivity index (χ4n) is 3.15. The van der Waals surface area contributed by atoms with Gasteiger partial charge in [-0.05, 0) is 37.3 Å². The van der Waals surface area contributed by atoms with Gasteiger partial charge in [0, 0.05) is 31.7 Å². The van der Waals surface area contributed by atoms with Crippen LogP contribution in [0.25, 0.3) is 0 Å². The molecule has 0 aromatic heterocycles. The molecule has 1 aliphatic rings. The van der Waals surface area contributed by atoms with Gasteiger partial charge in [0.05, 0.1) is 6.54 Å². The van der Waals surface area contributed by atoms with Crippen molar-refractivity contribution in [3.63, 3.8) is 0 Å². The Morgan fingerprint density at radius 1 is 1.03 bits per heavy atom. The van der Waals surface area contributed by atoms with E-state index in [1.54, 1.807) is 18.2 Å². The van der Waals surface area contributed by atoms with Crippen molar-refractivity contribution in [1.29, 1.82) is 0 Å². The standard InChI is InChI=1S/C20H21F2N3O4S/c1-14-3-2-4-15(11-14)20(27)23-13-19(26)24-7-9-25(10-8-24)30(28,29)18-12-16(21)5-6-17(18)22/h2-6,11-12H,7-10,13H2,1H3,(H,23,27). The van der Waals surface area contributed by atoms with Crippen LogP contribution in [0.15, 0.2) is 47.4 Å². The number of sulfonamides is 1. The van der Waals surface area contributed by atoms with E-state index in [1.807, 2.05) is 13.0 Å². The predicted molar refractivity (Wildman–Crippen MR) is 105 cm³/mol. The molecule has 0 spiro atoms. The third kappa shape index (κ3) is 4.82. The maximum Gasteiger partial charge on any atom is 0.251 e. The maximum absolute atomic E-state index is 13.9. The summed E-state index contributed by atoms with van der Waals surface area (Å²) in [5.74, 6) is -2.62. The summed E-state index contributed by atoms with van der Waals surface area (Å²) >= 11 is 0. The molecular formula is C20H21F2N3O4S. The molecule has 0 atom stereocenters. The third-order valence-corrected chi connectivity index (χ3v) is 6.70. The largest absolute Gasteiger partial charge is 0.343 e. The summed E-state index contributed by atoms with van der Waals surface area (Å²) in [5.41, 5.74) is 1.36. The van der Waals surface area contributed by atoms with Gasteiger partial charge >= 0.3 is 0 Å². The van der Waals surface area contributed by atoms with Crippen LogP contribution >= 0.6 is 0 Å². The van der Waals surface area contributed by atoms with E-state index < -0.39 is 26.6 Å². The topological polar surface area (TPSA) is 86.8 Å². The minimum atomic E-state index is -4.22. The first-order valence-corrected chi connectivity index (χ1v) is 10.7. The molecule has 2 amide bonds. The zero-order valence-corrected chi connectivity index (χ0v) is 17.1. The second kappa shape index (κ2) is 8.88. The van der Waals surface area contributed by atoms with Crippen LogP contribution in [0.1, 0.15) is 15.9 Å². The molecule has 0 bridgehead atoms. The molecule has 7 nitrogen and oxygen atoms in total. The highest BCUT2D eigenvalue weighted by atomic mass is 32.2. The van der Waals surface area contributed by atoms with Crippen LogP contribution in [-0.4, -0.2) is 62.2 Å². The van der Waals surface area contributed by atoms with Gasteiger partial charge in [-0.1, -0.05) is 17.7 Å². The van der Waals surface area contributed by atoms with Gasteiger partial charge in [-0.3, -0.25) is 9.59 Å². The van der Waals surface area contributed by atoms with Crippen LogP contribution in [0.2, 0.25) is 0 Å². The van der Waals surface area contributed by atoms with Crippen molar-refractivity contribution < 1.29 is 26.8 Å². The Bertz CT molecular complexity index is 1070. The molecule has 30 heavy (non-hydrogen) atoms. The zero-order chi connectivity index (χ0) is 21.9. The highest BCUT2D eigenvalue weighted by Gasteiger charge is 2.32. The molecule has 0 aliphatic carbocycles. The number of halogens is 2. The molecule has 10 heteroatoms. The van der Waals surface area contributed by atoms with Crippen LogP contribution in [0.5, 0.6) is 0 Å². The van der Waals surface area contributed by atoms with Gasteiger partial charge in [-0.25, -0.2) is 17.2 Å². The van der Waals surface area contributed by atoms with E-state index in [0.717, 1.165) is 22.0 Å². The van der Waals surface area contributed by atoms with Crippen molar-refractivity contribution in [2.75, 3.05) is 32.7 Å². The number of carbonyl (C=O) groups is 2. The van der Waals surface area contributed by atoms with E-state index in [9.17, 15) is 26.8 Å². The number of nitrogens with one attached hydrogen (secondary N) is 1. The lowest BCUT2D eigenvalue weighted by atomic mass is 10.1. The van der Waals surface area contributed by atoms with E-state index >= 15 is 0 Å². The van der Waals surface area contributed by atoms with Gasteiger partial charge in [-0.15, -0.1) is 0 Å². The fraction of sp³-hybridized carbons (Fsp3) is 0.300. The highest BCUT2D eigenvalue weighted by Crippen LogP contribution is 2.21. The SMILES string of the molecule is Cc1cccc(C(=O)NCC(=O)N2CCN(S(=O)(=O)c3cc(F)ccc3F)CC2)c1. The maximum atomic E-state index is 13.9. The average Bonchev–Trinajstić information content (AvgIpc) is 2.73. The van der Waals surface area contributed by atoms with Crippen molar-refractivity contribution in [3.8, 4) is 0 Å². The number of hydrogen-bond donors (Lipinski definition) is 1. The average molecular weight is 437 g/mol. The molecule has 1 fully saturated rings. The van der Waals surface area contributed by atoms with E-state index in [4.69, 9.17) is 0 Å². The first kappa shape index (κ1) is 21.8. The number of carbonyl (C=O) groups excluding carboxylic acids is 2. The Morgan fingerprint density at radius 3 is 2.40 bits per heavy atom. The van der Waals surface area contributed by atoms with Crippen LogP contribution in [0, 0.1) is 18.6 Å². The minimum absolute atomic E-state index is 0.0597. The van der Waals surface area contributed by atoms with E-state index in [2.05, 4.69) is 5.32 Å². The number of nitrogens with zero attached hydrogens (tertiary/aromatic N) is 2. The van der Waals surface area contributed by atoms with Crippen LogP contribution < -0.4 is 5.32 Å². The van der Waals surface area contributed by atoms with E-state index in [1.165, 1.54) is 4.90 Å². The lowest BCUT2D eigenvalue weighted by Gasteiger charge is -2.34. The lowest BCUT2D eigenvalue weighted by molar-refractivity contribution is -0.131. The number of aryl methyl sites for hydroxylation is 1. The Balaban J connectivity index is 1.56. The minimum Gasteiger partial charge on any atom is -0.343 e. The smallest absolute Gasteiger partial charge is 0.251 e. The lowest BCUT2D eigenvalue weighted by Crippen LogP contribution is -2.52. The molecule has 1 heterocycles. The number of hydrogen-bond acceptors (Lipinski definition) is 4. The molecule has 0 saturated carbocycles. The van der Waals surface area contributed by atoms with Crippen molar-refractivity contribution in [2.24, 2.45) is 0 Å². The number of amides is 2. The second-order valence-electron chi connectivity index (χ2n) is 6.91. The molecule has 1 aliphatic heterocycles. The Labute approximate surface area is 173 Å². The monoisotopic (exact) mass is 437 g/mol. The molecule has 1 N–H and O–H groups in total. The fourth-order valence-corrected chi connectivity index (χ4v) is 4.65. The molecule has 0 radical (unpaired) electrons. The highest BCUT2D eigenvalue weighted by molar-refractivity contribution is 7.89. The van der Waals surface area contributed by atoms with Crippen molar-refractivity contribution in [1.82, 2.24) is 14.5 Å². The molecule has 0 unspecified atom stereocenters. The number of benzene rings is 2.